The van der Waals surface area contributed by atoms with Gasteiger partial charge in [0, 0.05) is 37.8 Å². The highest BCUT2D eigenvalue weighted by atomic mass is 35.5. The number of nitrogens with one attached hydrogen (secondary N) is 1. The maximum atomic E-state index is 13.3. The minimum absolute atomic E-state index is 0. The van der Waals surface area contributed by atoms with E-state index in [4.69, 9.17) is 0 Å². The molecule has 1 aromatic rings. The third-order valence-electron chi connectivity index (χ3n) is 2.74. The van der Waals surface area contributed by atoms with Gasteiger partial charge in [0.2, 0.25) is 5.91 Å². The van der Waals surface area contributed by atoms with Crippen LogP contribution in [0.25, 0.3) is 6.08 Å². The maximum Gasteiger partial charge on any atom is 0.246 e. The van der Waals surface area contributed by atoms with E-state index in [1.54, 1.807) is 23.1 Å². The molecule has 3 nitrogen and oxygen atoms in total. The van der Waals surface area contributed by atoms with Crippen molar-refractivity contribution in [3.05, 3.63) is 41.7 Å². The summed E-state index contributed by atoms with van der Waals surface area (Å²) in [6, 6.07) is 6.41. The zero-order valence-electron chi connectivity index (χ0n) is 9.93. The van der Waals surface area contributed by atoms with E-state index in [0.717, 1.165) is 13.1 Å². The number of nitrogens with zero attached hydrogens (tertiary/aromatic N) is 1. The van der Waals surface area contributed by atoms with Gasteiger partial charge in [0.15, 0.2) is 0 Å². The molecule has 1 fully saturated rings. The summed E-state index contributed by atoms with van der Waals surface area (Å²) >= 11 is 0. The zero-order chi connectivity index (χ0) is 12.1. The van der Waals surface area contributed by atoms with Gasteiger partial charge in [0.25, 0.3) is 0 Å². The van der Waals surface area contributed by atoms with Crippen molar-refractivity contribution in [3.8, 4) is 0 Å². The molecule has 0 aliphatic carbocycles. The van der Waals surface area contributed by atoms with E-state index < -0.39 is 0 Å². The monoisotopic (exact) mass is 270 g/mol. The molecular weight excluding hydrogens is 255 g/mol. The van der Waals surface area contributed by atoms with Gasteiger partial charge in [0.1, 0.15) is 5.82 Å². The van der Waals surface area contributed by atoms with Crippen LogP contribution in [0.4, 0.5) is 4.39 Å². The van der Waals surface area contributed by atoms with Crippen LogP contribution in [0.2, 0.25) is 0 Å². The second-order valence-corrected chi connectivity index (χ2v) is 3.93. The van der Waals surface area contributed by atoms with E-state index in [0.29, 0.717) is 18.7 Å². The standard InChI is InChI=1S/C13H15FN2O.ClH/c14-12-4-2-1-3-11(12)5-6-13(17)16-9-7-15-8-10-16;/h1-6,15H,7-10H2;1H/b6-5+;. The minimum Gasteiger partial charge on any atom is -0.337 e. The number of hydrogen-bond donors (Lipinski definition) is 1. The number of carbonyl (C=O) groups excluding carboxylic acids is 1. The third-order valence-corrected chi connectivity index (χ3v) is 2.74. The fourth-order valence-corrected chi connectivity index (χ4v) is 1.76. The first-order valence-electron chi connectivity index (χ1n) is 5.69. The molecule has 1 aliphatic heterocycles. The smallest absolute Gasteiger partial charge is 0.246 e. The van der Waals surface area contributed by atoms with E-state index in [1.807, 2.05) is 0 Å². The Morgan fingerprint density at radius 3 is 2.61 bits per heavy atom. The van der Waals surface area contributed by atoms with Crippen molar-refractivity contribution in [2.45, 2.75) is 0 Å². The Hall–Kier alpha value is -1.39. The topological polar surface area (TPSA) is 32.3 Å². The first kappa shape index (κ1) is 14.7. The lowest BCUT2D eigenvalue weighted by atomic mass is 10.2. The van der Waals surface area contributed by atoms with Gasteiger partial charge in [-0.2, -0.15) is 0 Å². The van der Waals surface area contributed by atoms with E-state index in [-0.39, 0.29) is 24.1 Å². The maximum absolute atomic E-state index is 13.3. The van der Waals surface area contributed by atoms with Crippen molar-refractivity contribution in [1.82, 2.24) is 10.2 Å². The highest BCUT2D eigenvalue weighted by molar-refractivity contribution is 5.91. The molecule has 0 unspecified atom stereocenters. The molecule has 0 aromatic heterocycles. The first-order chi connectivity index (χ1) is 8.27. The summed E-state index contributed by atoms with van der Waals surface area (Å²) in [5.74, 6) is -0.369. The molecule has 1 amide bonds. The van der Waals surface area contributed by atoms with E-state index in [1.165, 1.54) is 18.2 Å². The number of piperazine rings is 1. The second-order valence-electron chi connectivity index (χ2n) is 3.93. The summed E-state index contributed by atoms with van der Waals surface area (Å²) in [7, 11) is 0. The number of benzene rings is 1. The van der Waals surface area contributed by atoms with Gasteiger partial charge >= 0.3 is 0 Å². The predicted molar refractivity (Wildman–Crippen MR) is 72.1 cm³/mol. The molecule has 1 saturated heterocycles. The second kappa shape index (κ2) is 7.13. The normalized spacial score (nSPS) is 15.5. The van der Waals surface area contributed by atoms with Gasteiger partial charge in [-0.05, 0) is 12.1 Å². The summed E-state index contributed by atoms with van der Waals surface area (Å²) < 4.78 is 13.3. The summed E-state index contributed by atoms with van der Waals surface area (Å²) in [5, 5.41) is 3.17. The van der Waals surface area contributed by atoms with Crippen molar-refractivity contribution in [1.29, 1.82) is 0 Å². The number of carbonyl (C=O) groups is 1. The van der Waals surface area contributed by atoms with Crippen LogP contribution in [0, 0.1) is 5.82 Å². The van der Waals surface area contributed by atoms with Crippen LogP contribution in [0.15, 0.2) is 30.3 Å². The first-order valence-corrected chi connectivity index (χ1v) is 5.69. The molecule has 0 bridgehead atoms. The molecular formula is C13H16ClFN2O. The zero-order valence-corrected chi connectivity index (χ0v) is 10.8. The molecule has 0 saturated carbocycles. The summed E-state index contributed by atoms with van der Waals surface area (Å²) in [4.78, 5) is 13.5. The molecule has 18 heavy (non-hydrogen) atoms. The van der Waals surface area contributed by atoms with Crippen molar-refractivity contribution < 1.29 is 9.18 Å². The Labute approximate surface area is 112 Å². The largest absolute Gasteiger partial charge is 0.337 e. The average molecular weight is 271 g/mol. The Balaban J connectivity index is 0.00000162. The Kier molecular flexibility index (Phi) is 5.82. The van der Waals surface area contributed by atoms with Crippen LogP contribution < -0.4 is 5.32 Å². The van der Waals surface area contributed by atoms with Crippen LogP contribution in [-0.2, 0) is 4.79 Å². The van der Waals surface area contributed by atoms with E-state index >= 15 is 0 Å². The lowest BCUT2D eigenvalue weighted by Crippen LogP contribution is -2.45. The molecule has 0 radical (unpaired) electrons. The predicted octanol–water partition coefficient (Wildman–Crippen LogP) is 1.69. The lowest BCUT2D eigenvalue weighted by Gasteiger charge is -2.26. The summed E-state index contributed by atoms with van der Waals surface area (Å²) in [6.45, 7) is 3.06. The molecule has 1 aliphatic rings. The average Bonchev–Trinajstić information content (AvgIpc) is 2.38. The van der Waals surface area contributed by atoms with Gasteiger partial charge in [0.05, 0.1) is 0 Å². The van der Waals surface area contributed by atoms with Gasteiger partial charge in [-0.3, -0.25) is 4.79 Å². The minimum atomic E-state index is -0.308. The summed E-state index contributed by atoms with van der Waals surface area (Å²) in [6.07, 6.45) is 2.96. The van der Waals surface area contributed by atoms with Gasteiger partial charge in [-0.25, -0.2) is 4.39 Å². The molecule has 1 heterocycles. The highest BCUT2D eigenvalue weighted by Crippen LogP contribution is 2.08. The Morgan fingerprint density at radius 2 is 1.94 bits per heavy atom. The molecule has 0 spiro atoms. The molecule has 98 valence electrons. The number of hydrogen-bond acceptors (Lipinski definition) is 2. The van der Waals surface area contributed by atoms with Crippen molar-refractivity contribution in [2.24, 2.45) is 0 Å². The highest BCUT2D eigenvalue weighted by Gasteiger charge is 2.13. The fourth-order valence-electron chi connectivity index (χ4n) is 1.76. The Bertz CT molecular complexity index is 431. The molecule has 2 rings (SSSR count). The van der Waals surface area contributed by atoms with Crippen molar-refractivity contribution >= 4 is 24.4 Å². The van der Waals surface area contributed by atoms with Crippen LogP contribution in [-0.4, -0.2) is 37.0 Å². The van der Waals surface area contributed by atoms with Crippen molar-refractivity contribution in [3.63, 3.8) is 0 Å². The van der Waals surface area contributed by atoms with Gasteiger partial charge in [-0.1, -0.05) is 18.2 Å². The third kappa shape index (κ3) is 3.82. The molecule has 1 aromatic carbocycles. The number of rotatable bonds is 2. The van der Waals surface area contributed by atoms with Gasteiger partial charge in [-0.15, -0.1) is 12.4 Å². The van der Waals surface area contributed by atoms with E-state index in [2.05, 4.69) is 5.32 Å². The van der Waals surface area contributed by atoms with Crippen LogP contribution in [0.5, 0.6) is 0 Å². The lowest BCUT2D eigenvalue weighted by molar-refractivity contribution is -0.126. The summed E-state index contributed by atoms with van der Waals surface area (Å²) in [5.41, 5.74) is 0.441. The SMILES string of the molecule is Cl.O=C(/C=C/c1ccccc1F)N1CCNCC1. The number of amides is 1. The van der Waals surface area contributed by atoms with Crippen LogP contribution in [0.1, 0.15) is 5.56 Å². The van der Waals surface area contributed by atoms with Crippen LogP contribution >= 0.6 is 12.4 Å². The molecule has 5 heteroatoms. The van der Waals surface area contributed by atoms with Crippen molar-refractivity contribution in [2.75, 3.05) is 26.2 Å². The molecule has 1 N–H and O–H groups in total. The Morgan fingerprint density at radius 1 is 1.28 bits per heavy atom. The molecule has 0 atom stereocenters. The van der Waals surface area contributed by atoms with Gasteiger partial charge < -0.3 is 10.2 Å². The fraction of sp³-hybridized carbons (Fsp3) is 0.308. The van der Waals surface area contributed by atoms with E-state index in [9.17, 15) is 9.18 Å². The van der Waals surface area contributed by atoms with Crippen LogP contribution in [0.3, 0.4) is 0 Å². The number of halogens is 2. The quantitative estimate of drug-likeness (QED) is 0.830.